The van der Waals surface area contributed by atoms with Crippen molar-refractivity contribution < 1.29 is 0 Å². The fraction of sp³-hybridized carbons (Fsp3) is 0.200. The van der Waals surface area contributed by atoms with Gasteiger partial charge in [0.25, 0.3) is 0 Å². The zero-order valence-electron chi connectivity index (χ0n) is 7.65. The SMILES string of the molecule is C/C(=C/Cl)CNc1ccc(Cl)c(Br)c1. The maximum Gasteiger partial charge on any atom is 0.0549 e. The van der Waals surface area contributed by atoms with Crippen LogP contribution >= 0.6 is 39.1 Å². The smallest absolute Gasteiger partial charge is 0.0549 e. The largest absolute Gasteiger partial charge is 0.381 e. The van der Waals surface area contributed by atoms with Crippen LogP contribution in [-0.2, 0) is 0 Å². The van der Waals surface area contributed by atoms with Gasteiger partial charge in [-0.25, -0.2) is 0 Å². The van der Waals surface area contributed by atoms with E-state index in [1.807, 2.05) is 25.1 Å². The molecule has 0 aromatic heterocycles. The summed E-state index contributed by atoms with van der Waals surface area (Å²) < 4.78 is 0.886. The van der Waals surface area contributed by atoms with Crippen LogP contribution < -0.4 is 5.32 Å². The molecule has 1 rings (SSSR count). The quantitative estimate of drug-likeness (QED) is 0.855. The van der Waals surface area contributed by atoms with E-state index in [1.54, 1.807) is 5.54 Å². The second-order valence-corrected chi connectivity index (χ2v) is 4.42. The van der Waals surface area contributed by atoms with Crippen LogP contribution in [0.1, 0.15) is 6.92 Å². The highest BCUT2D eigenvalue weighted by Crippen LogP contribution is 2.25. The minimum absolute atomic E-state index is 0.708. The average Bonchev–Trinajstić information content (AvgIpc) is 2.19. The van der Waals surface area contributed by atoms with Gasteiger partial charge in [-0.2, -0.15) is 0 Å². The van der Waals surface area contributed by atoms with Gasteiger partial charge in [0.2, 0.25) is 0 Å². The fourth-order valence-corrected chi connectivity index (χ4v) is 1.46. The highest BCUT2D eigenvalue weighted by atomic mass is 79.9. The number of halogens is 3. The van der Waals surface area contributed by atoms with E-state index < -0.39 is 0 Å². The predicted molar refractivity (Wildman–Crippen MR) is 67.3 cm³/mol. The third kappa shape index (κ3) is 3.52. The molecule has 1 aromatic rings. The molecule has 0 amide bonds. The van der Waals surface area contributed by atoms with Crippen molar-refractivity contribution >= 4 is 44.8 Å². The van der Waals surface area contributed by atoms with E-state index in [1.165, 1.54) is 0 Å². The fourth-order valence-electron chi connectivity index (χ4n) is 0.886. The molecule has 0 aliphatic carbocycles. The summed E-state index contributed by atoms with van der Waals surface area (Å²) in [6.45, 7) is 2.70. The second kappa shape index (κ2) is 5.64. The molecule has 1 nitrogen and oxygen atoms in total. The molecular weight excluding hydrogens is 285 g/mol. The molecule has 0 saturated carbocycles. The molecule has 0 heterocycles. The molecule has 76 valence electrons. The van der Waals surface area contributed by atoms with Crippen LogP contribution in [0.15, 0.2) is 33.8 Å². The lowest BCUT2D eigenvalue weighted by molar-refractivity contribution is 1.21. The summed E-state index contributed by atoms with van der Waals surface area (Å²) in [5.74, 6) is 0. The van der Waals surface area contributed by atoms with Gasteiger partial charge >= 0.3 is 0 Å². The summed E-state index contributed by atoms with van der Waals surface area (Å²) in [4.78, 5) is 0. The molecule has 0 aliphatic heterocycles. The number of nitrogens with one attached hydrogen (secondary N) is 1. The zero-order chi connectivity index (χ0) is 10.6. The molecular formula is C10H10BrCl2N. The third-order valence-corrected chi connectivity index (χ3v) is 3.26. The van der Waals surface area contributed by atoms with E-state index in [0.29, 0.717) is 5.02 Å². The molecule has 0 aliphatic rings. The standard InChI is InChI=1S/C10H10BrCl2N/c1-7(5-12)6-14-8-2-3-10(13)9(11)4-8/h2-5,14H,6H2,1H3/b7-5-. The molecule has 0 unspecified atom stereocenters. The minimum Gasteiger partial charge on any atom is -0.381 e. The van der Waals surface area contributed by atoms with Crippen molar-refractivity contribution in [2.75, 3.05) is 11.9 Å². The molecule has 1 N–H and O–H groups in total. The van der Waals surface area contributed by atoms with Crippen molar-refractivity contribution in [2.45, 2.75) is 6.92 Å². The van der Waals surface area contributed by atoms with Gasteiger partial charge in [-0.3, -0.25) is 0 Å². The highest BCUT2D eigenvalue weighted by Gasteiger charge is 1.98. The first-order chi connectivity index (χ1) is 6.63. The Hall–Kier alpha value is -0.180. The van der Waals surface area contributed by atoms with E-state index in [4.69, 9.17) is 23.2 Å². The van der Waals surface area contributed by atoms with Crippen molar-refractivity contribution in [3.63, 3.8) is 0 Å². The summed E-state index contributed by atoms with van der Waals surface area (Å²) in [5, 5.41) is 3.93. The highest BCUT2D eigenvalue weighted by molar-refractivity contribution is 9.10. The van der Waals surface area contributed by atoms with E-state index in [2.05, 4.69) is 21.2 Å². The van der Waals surface area contributed by atoms with Crippen molar-refractivity contribution in [3.05, 3.63) is 38.8 Å². The minimum atomic E-state index is 0.708. The first kappa shape index (κ1) is 11.9. The van der Waals surface area contributed by atoms with Crippen molar-refractivity contribution in [2.24, 2.45) is 0 Å². The Morgan fingerprint density at radius 2 is 2.29 bits per heavy atom. The maximum absolute atomic E-state index is 5.86. The molecule has 0 fully saturated rings. The number of hydrogen-bond donors (Lipinski definition) is 1. The van der Waals surface area contributed by atoms with Crippen molar-refractivity contribution in [1.29, 1.82) is 0 Å². The maximum atomic E-state index is 5.86. The molecule has 0 bridgehead atoms. The van der Waals surface area contributed by atoms with Gasteiger partial charge in [0.15, 0.2) is 0 Å². The lowest BCUT2D eigenvalue weighted by Gasteiger charge is -2.06. The van der Waals surface area contributed by atoms with Crippen molar-refractivity contribution in [3.8, 4) is 0 Å². The van der Waals surface area contributed by atoms with Crippen molar-refractivity contribution in [1.82, 2.24) is 0 Å². The van der Waals surface area contributed by atoms with Gasteiger partial charge in [0, 0.05) is 22.2 Å². The monoisotopic (exact) mass is 293 g/mol. The first-order valence-electron chi connectivity index (χ1n) is 4.08. The van der Waals surface area contributed by atoms with Crippen LogP contribution in [0.4, 0.5) is 5.69 Å². The number of anilines is 1. The molecule has 0 atom stereocenters. The van der Waals surface area contributed by atoms with Gasteiger partial charge in [-0.15, -0.1) is 0 Å². The Balaban J connectivity index is 2.64. The third-order valence-electron chi connectivity index (χ3n) is 1.68. The summed E-state index contributed by atoms with van der Waals surface area (Å²) in [6, 6.07) is 5.70. The van der Waals surface area contributed by atoms with E-state index in [9.17, 15) is 0 Å². The number of benzene rings is 1. The molecule has 1 aromatic carbocycles. The van der Waals surface area contributed by atoms with E-state index >= 15 is 0 Å². The van der Waals surface area contributed by atoms with Crippen LogP contribution in [-0.4, -0.2) is 6.54 Å². The van der Waals surface area contributed by atoms with E-state index in [-0.39, 0.29) is 0 Å². The van der Waals surface area contributed by atoms with Crippen LogP contribution in [0.2, 0.25) is 5.02 Å². The topological polar surface area (TPSA) is 12.0 Å². The Labute approximate surface area is 102 Å². The van der Waals surface area contributed by atoms with Gasteiger partial charge in [0.1, 0.15) is 0 Å². The summed E-state index contributed by atoms with van der Waals surface area (Å²) >= 11 is 14.8. The van der Waals surface area contributed by atoms with Gasteiger partial charge in [0.05, 0.1) is 5.02 Å². The molecule has 0 saturated heterocycles. The van der Waals surface area contributed by atoms with Crippen LogP contribution in [0.3, 0.4) is 0 Å². The second-order valence-electron chi connectivity index (χ2n) is 2.94. The summed E-state index contributed by atoms with van der Waals surface area (Å²) in [7, 11) is 0. The van der Waals surface area contributed by atoms with Crippen LogP contribution in [0.5, 0.6) is 0 Å². The molecule has 0 radical (unpaired) electrons. The normalized spacial score (nSPS) is 11.6. The van der Waals surface area contributed by atoms with Crippen LogP contribution in [0, 0.1) is 0 Å². The lowest BCUT2D eigenvalue weighted by Crippen LogP contribution is -2.01. The van der Waals surface area contributed by atoms with Gasteiger partial charge < -0.3 is 5.32 Å². The Kier molecular flexibility index (Phi) is 4.79. The van der Waals surface area contributed by atoms with Gasteiger partial charge in [-0.05, 0) is 46.6 Å². The Bertz CT molecular complexity index is 350. The Morgan fingerprint density at radius 3 is 2.86 bits per heavy atom. The molecule has 0 spiro atoms. The summed E-state index contributed by atoms with van der Waals surface area (Å²) in [5.41, 5.74) is 3.66. The van der Waals surface area contributed by atoms with E-state index in [0.717, 1.165) is 22.3 Å². The first-order valence-corrected chi connectivity index (χ1v) is 5.69. The number of hydrogen-bond acceptors (Lipinski definition) is 1. The predicted octanol–water partition coefficient (Wildman–Crippen LogP) is 4.66. The molecule has 14 heavy (non-hydrogen) atoms. The molecule has 4 heteroatoms. The number of rotatable bonds is 3. The lowest BCUT2D eigenvalue weighted by atomic mass is 10.3. The van der Waals surface area contributed by atoms with Gasteiger partial charge in [-0.1, -0.05) is 23.2 Å². The zero-order valence-corrected chi connectivity index (χ0v) is 10.7. The summed E-state index contributed by atoms with van der Waals surface area (Å²) in [6.07, 6.45) is 0. The van der Waals surface area contributed by atoms with Crippen LogP contribution in [0.25, 0.3) is 0 Å². The Morgan fingerprint density at radius 1 is 1.57 bits per heavy atom. The average molecular weight is 295 g/mol.